The van der Waals surface area contributed by atoms with E-state index in [4.69, 9.17) is 4.98 Å². The van der Waals surface area contributed by atoms with Crippen molar-refractivity contribution in [2.45, 2.75) is 18.9 Å². The normalized spacial score (nSPS) is 16.5. The van der Waals surface area contributed by atoms with Crippen LogP contribution in [0.15, 0.2) is 55.2 Å². The molecule has 0 unspecified atom stereocenters. The smallest absolute Gasteiger partial charge is 0.256 e. The lowest BCUT2D eigenvalue weighted by molar-refractivity contribution is 0.102. The van der Waals surface area contributed by atoms with Gasteiger partial charge < -0.3 is 9.72 Å². The molecule has 0 aliphatic carbocycles. The van der Waals surface area contributed by atoms with E-state index in [0.29, 0.717) is 17.4 Å². The fourth-order valence-electron chi connectivity index (χ4n) is 3.84. The first-order chi connectivity index (χ1) is 14.2. The highest BCUT2D eigenvalue weighted by Gasteiger charge is 2.25. The van der Waals surface area contributed by atoms with Gasteiger partial charge in [-0.3, -0.25) is 14.8 Å². The number of carbonyl (C=O) groups excluding carboxylic acids is 1. The van der Waals surface area contributed by atoms with Crippen LogP contribution in [0.4, 0.5) is 5.82 Å². The van der Waals surface area contributed by atoms with Gasteiger partial charge in [0.2, 0.25) is 0 Å². The van der Waals surface area contributed by atoms with Crippen LogP contribution >= 0.6 is 12.4 Å². The Labute approximate surface area is 179 Å². The highest BCUT2D eigenvalue weighted by molar-refractivity contribution is 6.04. The molecular formula is C21H22ClN7O. The molecule has 9 heteroatoms. The van der Waals surface area contributed by atoms with E-state index in [0.717, 1.165) is 35.4 Å². The number of aromatic nitrogens is 5. The summed E-state index contributed by atoms with van der Waals surface area (Å²) in [6.07, 6.45) is 11.4. The summed E-state index contributed by atoms with van der Waals surface area (Å²) in [4.78, 5) is 24.0. The maximum absolute atomic E-state index is 12.6. The Morgan fingerprint density at radius 1 is 1.17 bits per heavy atom. The SMILES string of the molecule is CN1CCC[C@@H]1c1cn2cc(NC(=O)c3ccc(-c4cn[nH]c4)cc3)ncc2n1.Cl. The van der Waals surface area contributed by atoms with Gasteiger partial charge in [0.15, 0.2) is 5.65 Å². The first-order valence-electron chi connectivity index (χ1n) is 9.63. The Bertz CT molecular complexity index is 1150. The average molecular weight is 424 g/mol. The van der Waals surface area contributed by atoms with Gasteiger partial charge in [-0.1, -0.05) is 12.1 Å². The Morgan fingerprint density at radius 2 is 2.00 bits per heavy atom. The van der Waals surface area contributed by atoms with Gasteiger partial charge >= 0.3 is 0 Å². The van der Waals surface area contributed by atoms with Crippen molar-refractivity contribution in [3.05, 3.63) is 66.5 Å². The maximum Gasteiger partial charge on any atom is 0.256 e. The Kier molecular flexibility index (Phi) is 5.52. The summed E-state index contributed by atoms with van der Waals surface area (Å²) in [5.41, 5.74) is 4.37. The molecule has 1 aliphatic rings. The number of fused-ring (bicyclic) bond motifs is 1. The lowest BCUT2D eigenvalue weighted by atomic mass is 10.1. The zero-order valence-corrected chi connectivity index (χ0v) is 17.3. The number of halogens is 1. The van der Waals surface area contributed by atoms with Crippen molar-refractivity contribution < 1.29 is 4.79 Å². The van der Waals surface area contributed by atoms with Gasteiger partial charge in [-0.05, 0) is 44.1 Å². The monoisotopic (exact) mass is 423 g/mol. The molecule has 4 heterocycles. The minimum Gasteiger partial charge on any atom is -0.305 e. The summed E-state index contributed by atoms with van der Waals surface area (Å²) in [7, 11) is 2.13. The number of amides is 1. The van der Waals surface area contributed by atoms with Gasteiger partial charge in [0.1, 0.15) is 5.82 Å². The summed E-state index contributed by atoms with van der Waals surface area (Å²) < 4.78 is 1.92. The number of benzene rings is 1. The third kappa shape index (κ3) is 3.79. The van der Waals surface area contributed by atoms with Gasteiger partial charge in [0.25, 0.3) is 5.91 Å². The largest absolute Gasteiger partial charge is 0.305 e. The van der Waals surface area contributed by atoms with Gasteiger partial charge in [-0.2, -0.15) is 5.10 Å². The van der Waals surface area contributed by atoms with Crippen molar-refractivity contribution >= 4 is 29.8 Å². The van der Waals surface area contributed by atoms with E-state index < -0.39 is 0 Å². The molecule has 30 heavy (non-hydrogen) atoms. The molecular weight excluding hydrogens is 402 g/mol. The number of nitrogens with zero attached hydrogens (tertiary/aromatic N) is 5. The van der Waals surface area contributed by atoms with Crippen LogP contribution in [0.3, 0.4) is 0 Å². The van der Waals surface area contributed by atoms with Crippen LogP contribution in [-0.2, 0) is 0 Å². The predicted octanol–water partition coefficient (Wildman–Crippen LogP) is 3.56. The minimum absolute atomic E-state index is 0. The molecule has 1 aromatic carbocycles. The van der Waals surface area contributed by atoms with E-state index in [2.05, 4.69) is 32.4 Å². The zero-order chi connectivity index (χ0) is 19.8. The quantitative estimate of drug-likeness (QED) is 0.523. The molecule has 1 atom stereocenters. The molecule has 0 spiro atoms. The van der Waals surface area contributed by atoms with Crippen LogP contribution in [0.25, 0.3) is 16.8 Å². The topological polar surface area (TPSA) is 91.2 Å². The van der Waals surface area contributed by atoms with Crippen LogP contribution in [-0.4, -0.2) is 49.0 Å². The molecule has 0 bridgehead atoms. The minimum atomic E-state index is -0.202. The second-order valence-electron chi connectivity index (χ2n) is 7.36. The lowest BCUT2D eigenvalue weighted by Crippen LogP contribution is -2.17. The lowest BCUT2D eigenvalue weighted by Gasteiger charge is -2.16. The average Bonchev–Trinajstić information content (AvgIpc) is 3.48. The maximum atomic E-state index is 12.6. The van der Waals surface area contributed by atoms with Crippen LogP contribution < -0.4 is 5.32 Å². The van der Waals surface area contributed by atoms with Crippen molar-refractivity contribution in [1.82, 2.24) is 29.5 Å². The third-order valence-electron chi connectivity index (χ3n) is 5.44. The van der Waals surface area contributed by atoms with E-state index in [1.54, 1.807) is 30.7 Å². The number of carbonyl (C=O) groups is 1. The van der Waals surface area contributed by atoms with Crippen molar-refractivity contribution in [2.24, 2.45) is 0 Å². The number of rotatable bonds is 4. The molecule has 4 aromatic rings. The van der Waals surface area contributed by atoms with Crippen LogP contribution in [0.5, 0.6) is 0 Å². The summed E-state index contributed by atoms with van der Waals surface area (Å²) in [5, 5.41) is 9.60. The number of anilines is 1. The van der Waals surface area contributed by atoms with Gasteiger partial charge in [0.05, 0.1) is 30.3 Å². The molecule has 1 fully saturated rings. The first-order valence-corrected chi connectivity index (χ1v) is 9.63. The molecule has 2 N–H and O–H groups in total. The Balaban J connectivity index is 0.00000218. The van der Waals surface area contributed by atoms with Gasteiger partial charge in [-0.25, -0.2) is 9.97 Å². The second kappa shape index (κ2) is 8.25. The molecule has 8 nitrogen and oxygen atoms in total. The molecule has 3 aromatic heterocycles. The van der Waals surface area contributed by atoms with Crippen LogP contribution in [0.2, 0.25) is 0 Å². The van der Waals surface area contributed by atoms with Crippen molar-refractivity contribution in [1.29, 1.82) is 0 Å². The third-order valence-corrected chi connectivity index (χ3v) is 5.44. The molecule has 1 saturated heterocycles. The number of imidazole rings is 1. The summed E-state index contributed by atoms with van der Waals surface area (Å²) >= 11 is 0. The Morgan fingerprint density at radius 3 is 2.70 bits per heavy atom. The van der Waals surface area contributed by atoms with E-state index in [1.165, 1.54) is 6.42 Å². The van der Waals surface area contributed by atoms with Gasteiger partial charge in [0, 0.05) is 23.5 Å². The molecule has 1 amide bonds. The fourth-order valence-corrected chi connectivity index (χ4v) is 3.84. The summed E-state index contributed by atoms with van der Waals surface area (Å²) in [5.74, 6) is 0.289. The highest BCUT2D eigenvalue weighted by Crippen LogP contribution is 2.29. The summed E-state index contributed by atoms with van der Waals surface area (Å²) in [6.45, 7) is 1.09. The number of aromatic amines is 1. The van der Waals surface area contributed by atoms with Crippen LogP contribution in [0, 0.1) is 0 Å². The Hall–Kier alpha value is -3.23. The van der Waals surface area contributed by atoms with Crippen molar-refractivity contribution in [2.75, 3.05) is 18.9 Å². The van der Waals surface area contributed by atoms with Gasteiger partial charge in [-0.15, -0.1) is 12.4 Å². The molecule has 1 aliphatic heterocycles. The molecule has 0 radical (unpaired) electrons. The van der Waals surface area contributed by atoms with Crippen LogP contribution in [0.1, 0.15) is 34.9 Å². The number of likely N-dealkylation sites (tertiary alicyclic amines) is 1. The number of hydrogen-bond donors (Lipinski definition) is 2. The van der Waals surface area contributed by atoms with E-state index in [9.17, 15) is 4.79 Å². The van der Waals surface area contributed by atoms with Crippen molar-refractivity contribution in [3.8, 4) is 11.1 Å². The summed E-state index contributed by atoms with van der Waals surface area (Å²) in [6, 6.07) is 7.73. The first kappa shape index (κ1) is 20.1. The standard InChI is InChI=1S/C21H21N7O.ClH/c1-27-8-2-3-18(27)17-12-28-13-19(22-11-20(28)25-17)26-21(29)15-6-4-14(5-7-15)16-9-23-24-10-16;/h4-7,9-13,18H,2-3,8H2,1H3,(H,23,24)(H,26,29);1H/t18-;/m1./s1. The number of hydrogen-bond acceptors (Lipinski definition) is 5. The number of H-pyrrole nitrogens is 1. The highest BCUT2D eigenvalue weighted by atomic mass is 35.5. The fraction of sp³-hybridized carbons (Fsp3) is 0.238. The van der Waals surface area contributed by atoms with E-state index in [1.807, 2.05) is 28.9 Å². The van der Waals surface area contributed by atoms with E-state index >= 15 is 0 Å². The molecule has 0 saturated carbocycles. The van der Waals surface area contributed by atoms with Crippen molar-refractivity contribution in [3.63, 3.8) is 0 Å². The van der Waals surface area contributed by atoms with E-state index in [-0.39, 0.29) is 18.3 Å². The molecule has 154 valence electrons. The molecule has 5 rings (SSSR count). The zero-order valence-electron chi connectivity index (χ0n) is 16.4. The number of nitrogens with one attached hydrogen (secondary N) is 2. The second-order valence-corrected chi connectivity index (χ2v) is 7.36. The predicted molar refractivity (Wildman–Crippen MR) is 117 cm³/mol.